The Labute approximate surface area is 123 Å². The highest BCUT2D eigenvalue weighted by molar-refractivity contribution is 5.23. The molecule has 1 aliphatic heterocycles. The van der Waals surface area contributed by atoms with E-state index in [4.69, 9.17) is 4.74 Å². The van der Waals surface area contributed by atoms with Crippen molar-refractivity contribution in [2.45, 2.75) is 64.5 Å². The number of likely N-dealkylation sites (N-methyl/N-ethyl adjacent to an activating group) is 1. The Morgan fingerprint density at radius 1 is 1.15 bits per heavy atom. The molecule has 0 aromatic heterocycles. The number of ether oxygens (including phenoxy) is 1. The van der Waals surface area contributed by atoms with Crippen LogP contribution in [0.5, 0.6) is 0 Å². The predicted octanol–water partition coefficient (Wildman–Crippen LogP) is 3.73. The molecule has 2 heteroatoms. The van der Waals surface area contributed by atoms with E-state index < -0.39 is 0 Å². The molecule has 1 aliphatic rings. The summed E-state index contributed by atoms with van der Waals surface area (Å²) in [5, 5.41) is 3.64. The van der Waals surface area contributed by atoms with Crippen LogP contribution in [0.15, 0.2) is 24.3 Å². The molecule has 0 spiro atoms. The Balaban J connectivity index is 2.07. The monoisotopic (exact) mass is 275 g/mol. The van der Waals surface area contributed by atoms with Gasteiger partial charge in [0.25, 0.3) is 0 Å². The lowest BCUT2D eigenvalue weighted by molar-refractivity contribution is -0.0881. The van der Waals surface area contributed by atoms with E-state index >= 15 is 0 Å². The van der Waals surface area contributed by atoms with Crippen LogP contribution in [0.25, 0.3) is 0 Å². The molecule has 112 valence electrons. The predicted molar refractivity (Wildman–Crippen MR) is 85.2 cm³/mol. The van der Waals surface area contributed by atoms with Crippen LogP contribution >= 0.6 is 0 Å². The molecule has 0 bridgehead atoms. The van der Waals surface area contributed by atoms with E-state index in [1.165, 1.54) is 24.0 Å². The van der Waals surface area contributed by atoms with Crippen molar-refractivity contribution >= 4 is 0 Å². The van der Waals surface area contributed by atoms with Crippen LogP contribution < -0.4 is 5.32 Å². The fourth-order valence-corrected chi connectivity index (χ4v) is 3.13. The molecule has 2 unspecified atom stereocenters. The van der Waals surface area contributed by atoms with Gasteiger partial charge in [-0.15, -0.1) is 0 Å². The average molecular weight is 275 g/mol. The molecular weight excluding hydrogens is 246 g/mol. The van der Waals surface area contributed by atoms with Gasteiger partial charge in [0.15, 0.2) is 0 Å². The summed E-state index contributed by atoms with van der Waals surface area (Å²) < 4.78 is 6.13. The van der Waals surface area contributed by atoms with E-state index in [2.05, 4.69) is 50.4 Å². The van der Waals surface area contributed by atoms with Gasteiger partial charge in [0.1, 0.15) is 0 Å². The highest BCUT2D eigenvalue weighted by atomic mass is 16.5. The van der Waals surface area contributed by atoms with Gasteiger partial charge in [-0.2, -0.15) is 0 Å². The largest absolute Gasteiger partial charge is 0.374 e. The Morgan fingerprint density at radius 2 is 1.85 bits per heavy atom. The normalized spacial score (nSPS) is 24.6. The zero-order chi connectivity index (χ0) is 14.4. The number of benzene rings is 1. The second-order valence-corrected chi connectivity index (χ2v) is 6.10. The Kier molecular flexibility index (Phi) is 5.62. The maximum Gasteiger partial charge on any atom is 0.0810 e. The minimum Gasteiger partial charge on any atom is -0.374 e. The maximum absolute atomic E-state index is 6.13. The van der Waals surface area contributed by atoms with Gasteiger partial charge < -0.3 is 10.1 Å². The van der Waals surface area contributed by atoms with Crippen molar-refractivity contribution in [2.75, 3.05) is 13.2 Å². The summed E-state index contributed by atoms with van der Waals surface area (Å²) in [5.74, 6) is 0. The molecule has 2 nitrogen and oxygen atoms in total. The molecule has 0 aliphatic carbocycles. The third-order valence-electron chi connectivity index (χ3n) is 4.56. The molecule has 1 aromatic carbocycles. The van der Waals surface area contributed by atoms with Gasteiger partial charge in [0.2, 0.25) is 0 Å². The fourth-order valence-electron chi connectivity index (χ4n) is 3.13. The second kappa shape index (κ2) is 7.24. The van der Waals surface area contributed by atoms with Crippen LogP contribution in [0.2, 0.25) is 0 Å². The van der Waals surface area contributed by atoms with Crippen LogP contribution in [-0.2, 0) is 17.6 Å². The third-order valence-corrected chi connectivity index (χ3v) is 4.56. The van der Waals surface area contributed by atoms with Gasteiger partial charge in [-0.3, -0.25) is 0 Å². The lowest BCUT2D eigenvalue weighted by Gasteiger charge is -2.41. The minimum atomic E-state index is -0.0162. The van der Waals surface area contributed by atoms with E-state index in [9.17, 15) is 0 Å². The van der Waals surface area contributed by atoms with Crippen molar-refractivity contribution in [3.05, 3.63) is 35.4 Å². The fraction of sp³-hybridized carbons (Fsp3) is 0.667. The number of hydrogen-bond donors (Lipinski definition) is 1. The molecule has 1 N–H and O–H groups in total. The topological polar surface area (TPSA) is 21.3 Å². The van der Waals surface area contributed by atoms with Gasteiger partial charge in [-0.1, -0.05) is 38.1 Å². The minimum absolute atomic E-state index is 0.0162. The zero-order valence-corrected chi connectivity index (χ0v) is 13.2. The first-order valence-electron chi connectivity index (χ1n) is 8.13. The SMILES string of the molecule is CCNC(Cc1ccc(CC)cc1)C1(C)CCCCO1. The summed E-state index contributed by atoms with van der Waals surface area (Å²) in [6, 6.07) is 9.45. The van der Waals surface area contributed by atoms with Crippen molar-refractivity contribution in [3.8, 4) is 0 Å². The summed E-state index contributed by atoms with van der Waals surface area (Å²) in [6.45, 7) is 8.57. The summed E-state index contributed by atoms with van der Waals surface area (Å²) in [6.07, 6.45) is 5.82. The molecule has 0 saturated carbocycles. The third kappa shape index (κ3) is 3.83. The van der Waals surface area contributed by atoms with Gasteiger partial charge in [0.05, 0.1) is 5.60 Å². The van der Waals surface area contributed by atoms with E-state index in [0.29, 0.717) is 6.04 Å². The quantitative estimate of drug-likeness (QED) is 0.854. The lowest BCUT2D eigenvalue weighted by Crippen LogP contribution is -2.53. The van der Waals surface area contributed by atoms with E-state index in [1.807, 2.05) is 0 Å². The molecule has 1 heterocycles. The summed E-state index contributed by atoms with van der Waals surface area (Å²) >= 11 is 0. The molecule has 1 fully saturated rings. The number of hydrogen-bond acceptors (Lipinski definition) is 2. The van der Waals surface area contributed by atoms with Gasteiger partial charge in [-0.05, 0) is 56.7 Å². The smallest absolute Gasteiger partial charge is 0.0810 e. The van der Waals surface area contributed by atoms with Crippen molar-refractivity contribution in [1.82, 2.24) is 5.32 Å². The first kappa shape index (κ1) is 15.5. The Hall–Kier alpha value is -0.860. The van der Waals surface area contributed by atoms with Crippen molar-refractivity contribution in [3.63, 3.8) is 0 Å². The van der Waals surface area contributed by atoms with Crippen LogP contribution in [0, 0.1) is 0 Å². The average Bonchev–Trinajstić information content (AvgIpc) is 2.48. The van der Waals surface area contributed by atoms with Crippen LogP contribution in [0.1, 0.15) is 51.2 Å². The van der Waals surface area contributed by atoms with Crippen molar-refractivity contribution < 1.29 is 4.74 Å². The highest BCUT2D eigenvalue weighted by Crippen LogP contribution is 2.29. The number of rotatable bonds is 6. The molecule has 2 atom stereocenters. The molecular formula is C18H29NO. The Bertz CT molecular complexity index is 392. The van der Waals surface area contributed by atoms with E-state index in [0.717, 1.165) is 32.4 Å². The highest BCUT2D eigenvalue weighted by Gasteiger charge is 2.36. The second-order valence-electron chi connectivity index (χ2n) is 6.10. The summed E-state index contributed by atoms with van der Waals surface area (Å²) in [5.41, 5.74) is 2.80. The lowest BCUT2D eigenvalue weighted by atomic mass is 9.84. The first-order chi connectivity index (χ1) is 9.68. The summed E-state index contributed by atoms with van der Waals surface area (Å²) in [4.78, 5) is 0. The summed E-state index contributed by atoms with van der Waals surface area (Å²) in [7, 11) is 0. The molecule has 1 saturated heterocycles. The number of nitrogens with one attached hydrogen (secondary N) is 1. The molecule has 1 aromatic rings. The Morgan fingerprint density at radius 3 is 2.40 bits per heavy atom. The zero-order valence-electron chi connectivity index (χ0n) is 13.2. The van der Waals surface area contributed by atoms with E-state index in [1.54, 1.807) is 0 Å². The van der Waals surface area contributed by atoms with E-state index in [-0.39, 0.29) is 5.60 Å². The first-order valence-corrected chi connectivity index (χ1v) is 8.13. The molecule has 0 amide bonds. The molecule has 0 radical (unpaired) electrons. The van der Waals surface area contributed by atoms with Crippen LogP contribution in [0.3, 0.4) is 0 Å². The van der Waals surface area contributed by atoms with Crippen LogP contribution in [0.4, 0.5) is 0 Å². The maximum atomic E-state index is 6.13. The number of aryl methyl sites for hydroxylation is 1. The van der Waals surface area contributed by atoms with Gasteiger partial charge in [-0.25, -0.2) is 0 Å². The van der Waals surface area contributed by atoms with Crippen molar-refractivity contribution in [2.24, 2.45) is 0 Å². The molecule has 20 heavy (non-hydrogen) atoms. The standard InChI is InChI=1S/C18H29NO/c1-4-15-8-10-16(11-9-15)14-17(19-5-2)18(3)12-6-7-13-20-18/h8-11,17,19H,4-7,12-14H2,1-3H3. The van der Waals surface area contributed by atoms with Crippen LogP contribution in [-0.4, -0.2) is 24.8 Å². The van der Waals surface area contributed by atoms with Crippen molar-refractivity contribution in [1.29, 1.82) is 0 Å². The molecule has 2 rings (SSSR count). The van der Waals surface area contributed by atoms with Gasteiger partial charge in [0, 0.05) is 12.6 Å². The van der Waals surface area contributed by atoms with Gasteiger partial charge >= 0.3 is 0 Å².